The Morgan fingerprint density at radius 2 is 1.81 bits per heavy atom. The van der Waals surface area contributed by atoms with Gasteiger partial charge < -0.3 is 10.1 Å². The Balaban J connectivity index is 1.70. The van der Waals surface area contributed by atoms with Crippen LogP contribution in [0.4, 0.5) is 0 Å². The maximum atomic E-state index is 11.8. The molecule has 0 saturated heterocycles. The van der Waals surface area contributed by atoms with Gasteiger partial charge >= 0.3 is 0 Å². The number of nitrogens with one attached hydrogen (secondary N) is 1. The Labute approximate surface area is 128 Å². The fraction of sp³-hybridized carbons (Fsp3) is 0.611. The number of hydrogen-bond acceptors (Lipinski definition) is 2. The Bertz CT molecular complexity index is 453. The molecule has 0 atom stereocenters. The van der Waals surface area contributed by atoms with Gasteiger partial charge in [0.15, 0.2) is 0 Å². The first kappa shape index (κ1) is 15.9. The lowest BCUT2D eigenvalue weighted by Crippen LogP contribution is -2.32. The van der Waals surface area contributed by atoms with Gasteiger partial charge in [-0.1, -0.05) is 45.7 Å². The first-order valence-electron chi connectivity index (χ1n) is 7.98. The number of carbonyl (C=O) groups is 1. The van der Waals surface area contributed by atoms with Crippen LogP contribution in [0.3, 0.4) is 0 Å². The molecule has 2 rings (SSSR count). The largest absolute Gasteiger partial charge is 0.492 e. The molecule has 0 aliphatic heterocycles. The zero-order chi connectivity index (χ0) is 15.3. The van der Waals surface area contributed by atoms with Gasteiger partial charge in [0.1, 0.15) is 12.4 Å². The van der Waals surface area contributed by atoms with Crippen LogP contribution in [-0.4, -0.2) is 19.1 Å². The predicted octanol–water partition coefficient (Wildman–Crippen LogP) is 3.67. The molecular formula is C18H27NO2. The third-order valence-electron chi connectivity index (χ3n) is 4.12. The molecule has 0 aromatic heterocycles. The number of rotatable bonds is 5. The molecule has 1 amide bonds. The van der Waals surface area contributed by atoms with E-state index in [1.165, 1.54) is 18.4 Å². The first-order valence-corrected chi connectivity index (χ1v) is 7.98. The second-order valence-corrected chi connectivity index (χ2v) is 6.90. The minimum Gasteiger partial charge on any atom is -0.492 e. The highest BCUT2D eigenvalue weighted by molar-refractivity contribution is 5.78. The van der Waals surface area contributed by atoms with Crippen molar-refractivity contribution in [1.29, 1.82) is 0 Å². The SMILES string of the molecule is CC(C)(C)c1ccc(OCCNC(=O)C2CCCC2)cc1. The summed E-state index contributed by atoms with van der Waals surface area (Å²) in [5.74, 6) is 1.29. The summed E-state index contributed by atoms with van der Waals surface area (Å²) < 4.78 is 5.67. The van der Waals surface area contributed by atoms with E-state index < -0.39 is 0 Å². The Kier molecular flexibility index (Phi) is 5.27. The van der Waals surface area contributed by atoms with Crippen LogP contribution in [0.2, 0.25) is 0 Å². The van der Waals surface area contributed by atoms with E-state index in [1.54, 1.807) is 0 Å². The lowest BCUT2D eigenvalue weighted by molar-refractivity contribution is -0.124. The highest BCUT2D eigenvalue weighted by Gasteiger charge is 2.21. The van der Waals surface area contributed by atoms with Gasteiger partial charge in [-0.05, 0) is 36.0 Å². The number of hydrogen-bond donors (Lipinski definition) is 1. The summed E-state index contributed by atoms with van der Waals surface area (Å²) >= 11 is 0. The van der Waals surface area contributed by atoms with Gasteiger partial charge in [-0.25, -0.2) is 0 Å². The summed E-state index contributed by atoms with van der Waals surface area (Å²) in [4.78, 5) is 11.8. The normalized spacial score (nSPS) is 16.0. The molecule has 3 heteroatoms. The second kappa shape index (κ2) is 6.97. The van der Waals surface area contributed by atoms with Gasteiger partial charge in [0, 0.05) is 5.92 Å². The van der Waals surface area contributed by atoms with Crippen molar-refractivity contribution in [2.24, 2.45) is 5.92 Å². The van der Waals surface area contributed by atoms with Crippen molar-refractivity contribution < 1.29 is 9.53 Å². The van der Waals surface area contributed by atoms with Crippen LogP contribution in [0.15, 0.2) is 24.3 Å². The van der Waals surface area contributed by atoms with E-state index in [1.807, 2.05) is 12.1 Å². The van der Waals surface area contributed by atoms with Crippen molar-refractivity contribution in [2.75, 3.05) is 13.2 Å². The fourth-order valence-electron chi connectivity index (χ4n) is 2.73. The minimum atomic E-state index is 0.161. The summed E-state index contributed by atoms with van der Waals surface area (Å²) in [7, 11) is 0. The fourth-order valence-corrected chi connectivity index (χ4v) is 2.73. The topological polar surface area (TPSA) is 38.3 Å². The van der Waals surface area contributed by atoms with Crippen molar-refractivity contribution in [3.63, 3.8) is 0 Å². The van der Waals surface area contributed by atoms with E-state index in [2.05, 4.69) is 38.2 Å². The third-order valence-corrected chi connectivity index (χ3v) is 4.12. The van der Waals surface area contributed by atoms with Gasteiger partial charge in [-0.2, -0.15) is 0 Å². The number of ether oxygens (including phenoxy) is 1. The average molecular weight is 289 g/mol. The van der Waals surface area contributed by atoms with Crippen LogP contribution in [-0.2, 0) is 10.2 Å². The van der Waals surface area contributed by atoms with Crippen LogP contribution in [0.25, 0.3) is 0 Å². The number of amides is 1. The van der Waals surface area contributed by atoms with Gasteiger partial charge in [-0.3, -0.25) is 4.79 Å². The Morgan fingerprint density at radius 1 is 1.19 bits per heavy atom. The number of benzene rings is 1. The van der Waals surface area contributed by atoms with Gasteiger partial charge in [0.2, 0.25) is 5.91 Å². The van der Waals surface area contributed by atoms with E-state index in [-0.39, 0.29) is 17.2 Å². The van der Waals surface area contributed by atoms with Gasteiger partial charge in [0.25, 0.3) is 0 Å². The molecule has 1 aliphatic rings. The standard InChI is InChI=1S/C18H27NO2/c1-18(2,3)15-8-10-16(11-9-15)21-13-12-19-17(20)14-6-4-5-7-14/h8-11,14H,4-7,12-13H2,1-3H3,(H,19,20). The van der Waals surface area contributed by atoms with Crippen molar-refractivity contribution in [2.45, 2.75) is 51.9 Å². The molecule has 1 aromatic rings. The second-order valence-electron chi connectivity index (χ2n) is 6.90. The Morgan fingerprint density at radius 3 is 2.38 bits per heavy atom. The van der Waals surface area contributed by atoms with Crippen LogP contribution in [0, 0.1) is 5.92 Å². The van der Waals surface area contributed by atoms with Crippen LogP contribution < -0.4 is 10.1 Å². The van der Waals surface area contributed by atoms with E-state index in [4.69, 9.17) is 4.74 Å². The average Bonchev–Trinajstić information content (AvgIpc) is 2.97. The maximum Gasteiger partial charge on any atom is 0.223 e. The van der Waals surface area contributed by atoms with Crippen molar-refractivity contribution in [3.8, 4) is 5.75 Å². The summed E-state index contributed by atoms with van der Waals surface area (Å²) in [6.07, 6.45) is 4.46. The van der Waals surface area contributed by atoms with Crippen LogP contribution in [0.5, 0.6) is 5.75 Å². The van der Waals surface area contributed by atoms with Gasteiger partial charge in [-0.15, -0.1) is 0 Å². The molecular weight excluding hydrogens is 262 g/mol. The molecule has 1 N–H and O–H groups in total. The van der Waals surface area contributed by atoms with E-state index >= 15 is 0 Å². The summed E-state index contributed by atoms with van der Waals surface area (Å²) in [5, 5.41) is 2.97. The molecule has 3 nitrogen and oxygen atoms in total. The molecule has 1 fully saturated rings. The highest BCUT2D eigenvalue weighted by Crippen LogP contribution is 2.25. The number of carbonyl (C=O) groups excluding carboxylic acids is 1. The van der Waals surface area contributed by atoms with Crippen LogP contribution >= 0.6 is 0 Å². The third kappa shape index (κ3) is 4.76. The van der Waals surface area contributed by atoms with Crippen molar-refractivity contribution in [1.82, 2.24) is 5.32 Å². The highest BCUT2D eigenvalue weighted by atomic mass is 16.5. The maximum absolute atomic E-state index is 11.8. The van der Waals surface area contributed by atoms with E-state index in [0.717, 1.165) is 18.6 Å². The lowest BCUT2D eigenvalue weighted by atomic mass is 9.87. The molecule has 0 bridgehead atoms. The van der Waals surface area contributed by atoms with E-state index in [0.29, 0.717) is 13.2 Å². The molecule has 0 radical (unpaired) electrons. The molecule has 0 unspecified atom stereocenters. The molecule has 116 valence electrons. The predicted molar refractivity (Wildman–Crippen MR) is 85.6 cm³/mol. The smallest absolute Gasteiger partial charge is 0.223 e. The monoisotopic (exact) mass is 289 g/mol. The summed E-state index contributed by atoms with van der Waals surface area (Å²) in [5.41, 5.74) is 1.46. The first-order chi connectivity index (χ1) is 9.97. The van der Waals surface area contributed by atoms with E-state index in [9.17, 15) is 4.79 Å². The van der Waals surface area contributed by atoms with Crippen molar-refractivity contribution >= 4 is 5.91 Å². The molecule has 21 heavy (non-hydrogen) atoms. The molecule has 1 aromatic carbocycles. The molecule has 0 heterocycles. The van der Waals surface area contributed by atoms with Gasteiger partial charge in [0.05, 0.1) is 6.54 Å². The zero-order valence-corrected chi connectivity index (χ0v) is 13.4. The zero-order valence-electron chi connectivity index (χ0n) is 13.4. The van der Waals surface area contributed by atoms with Crippen LogP contribution in [0.1, 0.15) is 52.0 Å². The molecule has 1 saturated carbocycles. The minimum absolute atomic E-state index is 0.161. The molecule has 0 spiro atoms. The van der Waals surface area contributed by atoms with Crippen molar-refractivity contribution in [3.05, 3.63) is 29.8 Å². The summed E-state index contributed by atoms with van der Waals surface area (Å²) in [6.45, 7) is 7.69. The summed E-state index contributed by atoms with van der Waals surface area (Å²) in [6, 6.07) is 8.21. The quantitative estimate of drug-likeness (QED) is 0.840. The molecule has 1 aliphatic carbocycles. The lowest BCUT2D eigenvalue weighted by Gasteiger charge is -2.19. The Hall–Kier alpha value is -1.51.